The van der Waals surface area contributed by atoms with Crippen LogP contribution in [0.1, 0.15) is 18.2 Å². The Morgan fingerprint density at radius 2 is 1.90 bits per heavy atom. The summed E-state index contributed by atoms with van der Waals surface area (Å²) in [4.78, 5) is 9.19. The second-order valence-corrected chi connectivity index (χ2v) is 5.47. The Morgan fingerprint density at radius 1 is 1.20 bits per heavy atom. The van der Waals surface area contributed by atoms with Gasteiger partial charge in [0.05, 0.1) is 15.9 Å². The van der Waals surface area contributed by atoms with Crippen LogP contribution in [-0.2, 0) is 17.8 Å². The van der Waals surface area contributed by atoms with Crippen molar-refractivity contribution < 1.29 is 4.74 Å². The lowest BCUT2D eigenvalue weighted by Gasteiger charge is -2.11. The van der Waals surface area contributed by atoms with Crippen LogP contribution in [0.25, 0.3) is 11.4 Å². The number of methoxy groups -OCH3 is 1. The number of nitrogens with zero attached hydrogens (tertiary/aromatic N) is 2. The number of benzene rings is 1. The molecule has 0 fully saturated rings. The van der Waals surface area contributed by atoms with E-state index in [1.807, 2.05) is 7.05 Å². The number of halogens is 1. The lowest BCUT2D eigenvalue weighted by molar-refractivity contribution is 0.181. The molecule has 0 saturated carbocycles. The van der Waals surface area contributed by atoms with Gasteiger partial charge < -0.3 is 10.1 Å². The molecule has 0 spiro atoms. The van der Waals surface area contributed by atoms with Crippen LogP contribution < -0.4 is 5.32 Å². The molecule has 0 radical (unpaired) electrons. The fourth-order valence-corrected chi connectivity index (χ4v) is 2.58. The molecule has 0 amide bonds. The summed E-state index contributed by atoms with van der Waals surface area (Å²) >= 11 is 2.24. The number of anilines is 1. The molecule has 0 unspecified atom stereocenters. The van der Waals surface area contributed by atoms with Gasteiger partial charge in [-0.3, -0.25) is 0 Å². The Hall–Kier alpha value is -1.21. The van der Waals surface area contributed by atoms with Crippen molar-refractivity contribution >= 4 is 28.4 Å². The minimum atomic E-state index is 0.482. The molecule has 1 aromatic carbocycles. The first-order valence-corrected chi connectivity index (χ1v) is 7.59. The number of nitrogens with one attached hydrogen (secondary N) is 1. The molecule has 0 aliphatic carbocycles. The third kappa shape index (κ3) is 3.27. The van der Waals surface area contributed by atoms with E-state index in [0.29, 0.717) is 6.61 Å². The minimum absolute atomic E-state index is 0.482. The molecule has 20 heavy (non-hydrogen) atoms. The smallest absolute Gasteiger partial charge is 0.161 e. The molecule has 1 aromatic heterocycles. The zero-order chi connectivity index (χ0) is 14.5. The molecule has 1 heterocycles. The van der Waals surface area contributed by atoms with E-state index in [2.05, 4.69) is 69.1 Å². The summed E-state index contributed by atoms with van der Waals surface area (Å²) in [7, 11) is 3.54. The number of hydrogen-bond acceptors (Lipinski definition) is 4. The third-order valence-electron chi connectivity index (χ3n) is 3.06. The van der Waals surface area contributed by atoms with Gasteiger partial charge in [-0.15, -0.1) is 0 Å². The Bertz CT molecular complexity index is 584. The predicted octanol–water partition coefficient (Wildman–Crippen LogP) is 3.50. The lowest BCUT2D eigenvalue weighted by Crippen LogP contribution is -2.06. The van der Waals surface area contributed by atoms with Gasteiger partial charge in [-0.1, -0.05) is 31.2 Å². The van der Waals surface area contributed by atoms with Gasteiger partial charge in [-0.25, -0.2) is 9.97 Å². The van der Waals surface area contributed by atoms with Crippen molar-refractivity contribution in [2.24, 2.45) is 0 Å². The summed E-state index contributed by atoms with van der Waals surface area (Å²) in [6.07, 6.45) is 1.03. The van der Waals surface area contributed by atoms with E-state index in [1.54, 1.807) is 7.11 Å². The zero-order valence-corrected chi connectivity index (χ0v) is 14.1. The highest BCUT2D eigenvalue weighted by Crippen LogP contribution is 2.24. The average molecular weight is 383 g/mol. The number of aryl methyl sites for hydroxylation is 1. The number of hydrogen-bond donors (Lipinski definition) is 1. The van der Waals surface area contributed by atoms with Gasteiger partial charge in [0.15, 0.2) is 5.82 Å². The highest BCUT2D eigenvalue weighted by Gasteiger charge is 2.12. The molecule has 2 aromatic rings. The molecular formula is C15H18IN3O. The van der Waals surface area contributed by atoms with E-state index in [1.165, 1.54) is 5.56 Å². The maximum absolute atomic E-state index is 5.21. The van der Waals surface area contributed by atoms with Crippen molar-refractivity contribution in [3.63, 3.8) is 0 Å². The highest BCUT2D eigenvalue weighted by atomic mass is 127. The van der Waals surface area contributed by atoms with Gasteiger partial charge in [0.2, 0.25) is 0 Å². The molecule has 0 aliphatic heterocycles. The summed E-state index contributed by atoms with van der Waals surface area (Å²) in [5.74, 6) is 1.56. The van der Waals surface area contributed by atoms with Gasteiger partial charge in [0.25, 0.3) is 0 Å². The van der Waals surface area contributed by atoms with Crippen LogP contribution in [0.2, 0.25) is 0 Å². The first-order chi connectivity index (χ1) is 9.69. The monoisotopic (exact) mass is 383 g/mol. The van der Waals surface area contributed by atoms with E-state index >= 15 is 0 Å². The molecule has 0 saturated heterocycles. The van der Waals surface area contributed by atoms with Crippen LogP contribution in [0.3, 0.4) is 0 Å². The van der Waals surface area contributed by atoms with Gasteiger partial charge in [0, 0.05) is 19.7 Å². The SMILES string of the molecule is CCc1ccc(-c2nc(COC)c(I)c(NC)n2)cc1. The van der Waals surface area contributed by atoms with Crippen LogP contribution in [0.4, 0.5) is 5.82 Å². The second kappa shape index (κ2) is 6.99. The summed E-state index contributed by atoms with van der Waals surface area (Å²) in [5.41, 5.74) is 3.24. The number of rotatable bonds is 5. The van der Waals surface area contributed by atoms with Crippen molar-refractivity contribution in [2.75, 3.05) is 19.5 Å². The quantitative estimate of drug-likeness (QED) is 0.803. The molecule has 4 nitrogen and oxygen atoms in total. The molecule has 0 atom stereocenters. The largest absolute Gasteiger partial charge is 0.378 e. The normalized spacial score (nSPS) is 10.6. The van der Waals surface area contributed by atoms with Crippen LogP contribution in [0.5, 0.6) is 0 Å². The zero-order valence-electron chi connectivity index (χ0n) is 11.9. The van der Waals surface area contributed by atoms with Gasteiger partial charge in [-0.05, 0) is 34.6 Å². The van der Waals surface area contributed by atoms with Gasteiger partial charge in [0.1, 0.15) is 5.82 Å². The second-order valence-electron chi connectivity index (χ2n) is 4.39. The van der Waals surface area contributed by atoms with Crippen LogP contribution in [0, 0.1) is 3.57 Å². The average Bonchev–Trinajstić information content (AvgIpc) is 2.49. The molecule has 0 bridgehead atoms. The Balaban J connectivity index is 2.46. The predicted molar refractivity (Wildman–Crippen MR) is 89.8 cm³/mol. The molecule has 5 heteroatoms. The molecule has 0 aliphatic rings. The number of aromatic nitrogens is 2. The third-order valence-corrected chi connectivity index (χ3v) is 4.19. The molecular weight excluding hydrogens is 365 g/mol. The van der Waals surface area contributed by atoms with Crippen molar-refractivity contribution in [1.29, 1.82) is 0 Å². The maximum atomic E-state index is 5.21. The van der Waals surface area contributed by atoms with Gasteiger partial charge in [-0.2, -0.15) is 0 Å². The van der Waals surface area contributed by atoms with Crippen molar-refractivity contribution in [3.8, 4) is 11.4 Å². The van der Waals surface area contributed by atoms with Crippen LogP contribution in [-0.4, -0.2) is 24.1 Å². The topological polar surface area (TPSA) is 47.0 Å². The van der Waals surface area contributed by atoms with Crippen LogP contribution >= 0.6 is 22.6 Å². The first-order valence-electron chi connectivity index (χ1n) is 6.52. The van der Waals surface area contributed by atoms with E-state index in [9.17, 15) is 0 Å². The van der Waals surface area contributed by atoms with E-state index < -0.39 is 0 Å². The van der Waals surface area contributed by atoms with Gasteiger partial charge >= 0.3 is 0 Å². The highest BCUT2D eigenvalue weighted by molar-refractivity contribution is 14.1. The lowest BCUT2D eigenvalue weighted by atomic mass is 10.1. The number of ether oxygens (including phenoxy) is 1. The standard InChI is InChI=1S/C15H18IN3O/c1-4-10-5-7-11(8-6-10)14-18-12(9-20-3)13(16)15(17-2)19-14/h5-8H,4,9H2,1-3H3,(H,17,18,19). The van der Waals surface area contributed by atoms with Crippen LogP contribution in [0.15, 0.2) is 24.3 Å². The van der Waals surface area contributed by atoms with Crippen molar-refractivity contribution in [3.05, 3.63) is 39.1 Å². The maximum Gasteiger partial charge on any atom is 0.161 e. The molecule has 2 rings (SSSR count). The van der Waals surface area contributed by atoms with Crippen molar-refractivity contribution in [1.82, 2.24) is 9.97 Å². The Kier molecular flexibility index (Phi) is 5.31. The van der Waals surface area contributed by atoms with E-state index in [4.69, 9.17) is 4.74 Å². The summed E-state index contributed by atoms with van der Waals surface area (Å²) < 4.78 is 6.21. The summed E-state index contributed by atoms with van der Waals surface area (Å²) in [5, 5.41) is 3.11. The molecule has 106 valence electrons. The fourth-order valence-electron chi connectivity index (χ4n) is 1.91. The first kappa shape index (κ1) is 15.2. The Labute approximate surface area is 133 Å². The van der Waals surface area contributed by atoms with E-state index in [0.717, 1.165) is 32.9 Å². The van der Waals surface area contributed by atoms with Crippen molar-refractivity contribution in [2.45, 2.75) is 20.0 Å². The molecule has 1 N–H and O–H groups in total. The summed E-state index contributed by atoms with van der Waals surface area (Å²) in [6.45, 7) is 2.63. The fraction of sp³-hybridized carbons (Fsp3) is 0.333. The minimum Gasteiger partial charge on any atom is -0.378 e. The summed E-state index contributed by atoms with van der Waals surface area (Å²) in [6, 6.07) is 8.37. The van der Waals surface area contributed by atoms with E-state index in [-0.39, 0.29) is 0 Å². The Morgan fingerprint density at radius 3 is 2.45 bits per heavy atom.